The maximum absolute atomic E-state index is 13.8. The number of esters is 1. The van der Waals surface area contributed by atoms with Crippen LogP contribution in [0, 0.1) is 5.92 Å². The van der Waals surface area contributed by atoms with Gasteiger partial charge in [-0.2, -0.15) is 30.4 Å². The van der Waals surface area contributed by atoms with Gasteiger partial charge in [-0.15, -0.1) is 0 Å². The van der Waals surface area contributed by atoms with E-state index < -0.39 is 63.6 Å². The van der Waals surface area contributed by atoms with Crippen molar-refractivity contribution < 1.29 is 54.0 Å². The zero-order valence-electron chi connectivity index (χ0n) is 15.4. The first-order valence-electron chi connectivity index (χ1n) is 8.51. The summed E-state index contributed by atoms with van der Waals surface area (Å²) >= 11 is 0. The zero-order valence-corrected chi connectivity index (χ0v) is 16.2. The van der Waals surface area contributed by atoms with E-state index in [4.69, 9.17) is 4.55 Å². The molecular weight excluding hydrogens is 431 g/mol. The molecule has 7 nitrogen and oxygen atoms in total. The van der Waals surface area contributed by atoms with Crippen molar-refractivity contribution in [2.75, 3.05) is 6.61 Å². The first-order chi connectivity index (χ1) is 13.0. The summed E-state index contributed by atoms with van der Waals surface area (Å²) in [7, 11) is -6.16. The normalized spacial score (nSPS) is 18.7. The van der Waals surface area contributed by atoms with E-state index in [2.05, 4.69) is 16.1 Å². The van der Waals surface area contributed by atoms with Crippen LogP contribution in [0.4, 0.5) is 22.0 Å². The van der Waals surface area contributed by atoms with Crippen LogP contribution in [-0.4, -0.2) is 48.5 Å². The molecular formula is C16H21F5O7S. The standard InChI is InChI=1S/C16H21F5O7S/c1-10(2)13(23)28-15(16(19,20)21,27-9-14(17,18)29(24,25)26)12(22)8-11-6-4-3-5-7-11/h11H,1,3-9H2,2H3,(H,24,25,26). The van der Waals surface area contributed by atoms with Gasteiger partial charge in [-0.05, 0) is 12.8 Å². The van der Waals surface area contributed by atoms with Crippen LogP contribution in [0.2, 0.25) is 0 Å². The molecule has 0 aromatic carbocycles. The summed E-state index contributed by atoms with van der Waals surface area (Å²) in [6.45, 7) is 1.42. The van der Waals surface area contributed by atoms with Gasteiger partial charge in [0.05, 0.1) is 0 Å². The lowest BCUT2D eigenvalue weighted by Gasteiger charge is -2.35. The molecule has 0 amide bonds. The average molecular weight is 452 g/mol. The predicted octanol–water partition coefficient (Wildman–Crippen LogP) is 3.40. The van der Waals surface area contributed by atoms with Gasteiger partial charge in [0.1, 0.15) is 6.61 Å². The van der Waals surface area contributed by atoms with E-state index in [0.717, 1.165) is 13.3 Å². The Bertz CT molecular complexity index is 741. The van der Waals surface area contributed by atoms with Gasteiger partial charge in [-0.25, -0.2) is 4.79 Å². The monoisotopic (exact) mass is 452 g/mol. The highest BCUT2D eigenvalue weighted by molar-refractivity contribution is 7.86. The molecule has 1 saturated carbocycles. The summed E-state index contributed by atoms with van der Waals surface area (Å²) < 4.78 is 106. The smallest absolute Gasteiger partial charge is 0.413 e. The Morgan fingerprint density at radius 1 is 1.10 bits per heavy atom. The highest BCUT2D eigenvalue weighted by Gasteiger charge is 2.67. The topological polar surface area (TPSA) is 107 Å². The number of carbonyl (C=O) groups is 2. The van der Waals surface area contributed by atoms with Gasteiger partial charge in [0, 0.05) is 12.0 Å². The molecule has 168 valence electrons. The molecule has 0 aliphatic heterocycles. The minimum absolute atomic E-state index is 0.398. The molecule has 1 aliphatic rings. The predicted molar refractivity (Wildman–Crippen MR) is 88.3 cm³/mol. The van der Waals surface area contributed by atoms with Crippen molar-refractivity contribution in [3.63, 3.8) is 0 Å². The Hall–Kier alpha value is -1.60. The second-order valence-electron chi connectivity index (χ2n) is 6.82. The summed E-state index contributed by atoms with van der Waals surface area (Å²) in [5, 5.41) is -5.19. The molecule has 0 heterocycles. The van der Waals surface area contributed by atoms with Crippen LogP contribution in [-0.2, 0) is 29.2 Å². The van der Waals surface area contributed by atoms with Crippen LogP contribution < -0.4 is 0 Å². The molecule has 1 N–H and O–H groups in total. The van der Waals surface area contributed by atoms with Gasteiger partial charge in [-0.1, -0.05) is 38.7 Å². The van der Waals surface area contributed by atoms with Gasteiger partial charge < -0.3 is 9.47 Å². The Labute approximate surface area is 164 Å². The van der Waals surface area contributed by atoms with Crippen LogP contribution in [0.5, 0.6) is 0 Å². The second-order valence-corrected chi connectivity index (χ2v) is 8.36. The lowest BCUT2D eigenvalue weighted by molar-refractivity contribution is -0.352. The molecule has 0 spiro atoms. The highest BCUT2D eigenvalue weighted by atomic mass is 32.2. The maximum Gasteiger partial charge on any atom is 0.463 e. The first kappa shape index (κ1) is 25.4. The van der Waals surface area contributed by atoms with Crippen molar-refractivity contribution in [2.24, 2.45) is 5.92 Å². The van der Waals surface area contributed by atoms with E-state index in [1.807, 2.05) is 0 Å². The molecule has 0 aromatic rings. The molecule has 0 saturated heterocycles. The Morgan fingerprint density at radius 2 is 1.62 bits per heavy atom. The van der Waals surface area contributed by atoms with Crippen LogP contribution >= 0.6 is 0 Å². The third-order valence-corrected chi connectivity index (χ3v) is 5.22. The number of rotatable bonds is 9. The number of hydrogen-bond acceptors (Lipinski definition) is 6. The number of halogens is 5. The number of alkyl halides is 5. The van der Waals surface area contributed by atoms with E-state index in [9.17, 15) is 40.0 Å². The van der Waals surface area contributed by atoms with E-state index in [1.165, 1.54) is 0 Å². The summed E-state index contributed by atoms with van der Waals surface area (Å²) in [4.78, 5) is 24.2. The Morgan fingerprint density at radius 3 is 2.03 bits per heavy atom. The fourth-order valence-electron chi connectivity index (χ4n) is 2.73. The molecule has 0 bridgehead atoms. The van der Waals surface area contributed by atoms with Crippen molar-refractivity contribution in [3.05, 3.63) is 12.2 Å². The molecule has 1 rings (SSSR count). The number of ether oxygens (including phenoxy) is 2. The van der Waals surface area contributed by atoms with Crippen LogP contribution in [0.15, 0.2) is 12.2 Å². The fourth-order valence-corrected chi connectivity index (χ4v) is 2.94. The third kappa shape index (κ3) is 6.19. The van der Waals surface area contributed by atoms with Gasteiger partial charge in [0.25, 0.3) is 0 Å². The molecule has 0 radical (unpaired) electrons. The van der Waals surface area contributed by atoms with Crippen molar-refractivity contribution in [1.29, 1.82) is 0 Å². The minimum atomic E-state index is -6.16. The fraction of sp³-hybridized carbons (Fsp3) is 0.750. The Balaban J connectivity index is 3.31. The summed E-state index contributed by atoms with van der Waals surface area (Å²) in [5.74, 6) is -8.62. The number of carbonyl (C=O) groups excluding carboxylic acids is 2. The van der Waals surface area contributed by atoms with Crippen molar-refractivity contribution >= 4 is 21.9 Å². The van der Waals surface area contributed by atoms with Crippen molar-refractivity contribution in [2.45, 2.75) is 62.7 Å². The molecule has 1 aliphatic carbocycles. The molecule has 1 fully saturated rings. The van der Waals surface area contributed by atoms with Crippen LogP contribution in [0.3, 0.4) is 0 Å². The van der Waals surface area contributed by atoms with Crippen molar-refractivity contribution in [1.82, 2.24) is 0 Å². The highest BCUT2D eigenvalue weighted by Crippen LogP contribution is 2.40. The van der Waals surface area contributed by atoms with Gasteiger partial charge >= 0.3 is 33.3 Å². The minimum Gasteiger partial charge on any atom is -0.413 e. The van der Waals surface area contributed by atoms with Crippen LogP contribution in [0.25, 0.3) is 0 Å². The average Bonchev–Trinajstić information content (AvgIpc) is 2.56. The lowest BCUT2D eigenvalue weighted by Crippen LogP contribution is -2.59. The molecule has 1 atom stereocenters. The number of ketones is 1. The zero-order chi connectivity index (χ0) is 22.7. The van der Waals surface area contributed by atoms with Gasteiger partial charge in [-0.3, -0.25) is 9.35 Å². The molecule has 13 heteroatoms. The maximum atomic E-state index is 13.8. The largest absolute Gasteiger partial charge is 0.463 e. The van der Waals surface area contributed by atoms with Crippen LogP contribution in [0.1, 0.15) is 45.4 Å². The summed E-state index contributed by atoms with van der Waals surface area (Å²) in [5.41, 5.74) is -0.589. The first-order valence-corrected chi connectivity index (χ1v) is 9.95. The SMILES string of the molecule is C=C(C)C(=O)OC(OCC(F)(F)S(=O)(=O)O)(C(=O)CC1CCCCC1)C(F)(F)F. The van der Waals surface area contributed by atoms with Gasteiger partial charge in [0.2, 0.25) is 5.78 Å². The third-order valence-electron chi connectivity index (χ3n) is 4.34. The lowest BCUT2D eigenvalue weighted by atomic mass is 9.84. The van der Waals surface area contributed by atoms with Gasteiger partial charge in [0.15, 0.2) is 0 Å². The molecule has 1 unspecified atom stereocenters. The summed E-state index contributed by atoms with van der Waals surface area (Å²) in [6.07, 6.45) is -3.71. The Kier molecular flexibility index (Phi) is 7.93. The molecule has 0 aromatic heterocycles. The van der Waals surface area contributed by atoms with E-state index >= 15 is 0 Å². The molecule has 29 heavy (non-hydrogen) atoms. The number of Topliss-reactive ketones (excluding diaryl/α,β-unsaturated/α-hetero) is 1. The quantitative estimate of drug-likeness (QED) is 0.188. The number of hydrogen-bond donors (Lipinski definition) is 1. The summed E-state index contributed by atoms with van der Waals surface area (Å²) in [6, 6.07) is 0. The van der Waals surface area contributed by atoms with E-state index in [1.54, 1.807) is 0 Å². The van der Waals surface area contributed by atoms with Crippen molar-refractivity contribution in [3.8, 4) is 0 Å². The van der Waals surface area contributed by atoms with E-state index in [-0.39, 0.29) is 0 Å². The van der Waals surface area contributed by atoms with E-state index in [0.29, 0.717) is 25.7 Å². The second kappa shape index (κ2) is 9.04.